The molecule has 0 saturated carbocycles. The van der Waals surface area contributed by atoms with Crippen LogP contribution in [-0.2, 0) is 0 Å². The van der Waals surface area contributed by atoms with Gasteiger partial charge in [-0.05, 0) is 10.3 Å². The molecule has 62 valence electrons. The van der Waals surface area contributed by atoms with Crippen molar-refractivity contribution in [1.29, 1.82) is 0 Å². The van der Waals surface area contributed by atoms with Gasteiger partial charge in [0.1, 0.15) is 5.02 Å². The average Bonchev–Trinajstić information content (AvgIpc) is 2.18. The van der Waals surface area contributed by atoms with E-state index in [4.69, 9.17) is 11.6 Å². The molecule has 0 unspecified atom stereocenters. The molecule has 0 amide bonds. The molecule has 0 aliphatic carbocycles. The highest BCUT2D eigenvalue weighted by atomic mass is 35.5. The average molecular weight is 227 g/mol. The summed E-state index contributed by atoms with van der Waals surface area (Å²) >= 11 is 7.38. The van der Waals surface area contributed by atoms with Gasteiger partial charge >= 0.3 is 0 Å². The van der Waals surface area contributed by atoms with Gasteiger partial charge in [0.2, 0.25) is 0 Å². The maximum atomic E-state index is 10.9. The maximum absolute atomic E-state index is 10.9. The Morgan fingerprint density at radius 3 is 2.45 bits per heavy atom. The summed E-state index contributed by atoms with van der Waals surface area (Å²) in [5.41, 5.74) is 0. The van der Waals surface area contributed by atoms with Gasteiger partial charge in [0, 0.05) is 5.25 Å². The highest BCUT2D eigenvalue weighted by Gasteiger charge is 2.09. The van der Waals surface area contributed by atoms with E-state index in [1.165, 1.54) is 20.7 Å². The third-order valence-corrected chi connectivity index (χ3v) is 5.33. The van der Waals surface area contributed by atoms with Crippen LogP contribution in [0.3, 0.4) is 0 Å². The van der Waals surface area contributed by atoms with Gasteiger partial charge in [-0.2, -0.15) is 0 Å². The lowest BCUT2D eigenvalue weighted by atomic mass is 10.6. The minimum atomic E-state index is -0.0141. The third kappa shape index (κ3) is 2.47. The molecule has 0 atom stereocenters. The molecule has 0 aliphatic rings. The number of hydrogen-bond donors (Lipinski definition) is 0. The Morgan fingerprint density at radius 2 is 2.09 bits per heavy atom. The van der Waals surface area contributed by atoms with E-state index in [0.717, 1.165) is 4.21 Å². The number of rotatable bonds is 2. The first-order chi connectivity index (χ1) is 5.11. The Labute approximate surface area is 81.8 Å². The fraction of sp³-hybridized carbons (Fsp3) is 0.500. The number of hydrogen-bond acceptors (Lipinski definition) is 4. The van der Waals surface area contributed by atoms with Gasteiger partial charge in [-0.25, -0.2) is 0 Å². The van der Waals surface area contributed by atoms with Crippen molar-refractivity contribution in [1.82, 2.24) is 0 Å². The summed E-state index contributed by atoms with van der Waals surface area (Å²) in [7, 11) is 2.67. The maximum Gasteiger partial charge on any atom is 0.262 e. The first-order valence-electron chi connectivity index (χ1n) is 3.06. The van der Waals surface area contributed by atoms with E-state index in [9.17, 15) is 4.79 Å². The van der Waals surface area contributed by atoms with Crippen molar-refractivity contribution in [3.63, 3.8) is 0 Å². The molecule has 0 aliphatic heterocycles. The fourth-order valence-electron chi connectivity index (χ4n) is 0.518. The Balaban J connectivity index is 2.87. The Hall–Kier alpha value is 0.490. The second kappa shape index (κ2) is 3.94. The van der Waals surface area contributed by atoms with Crippen LogP contribution < -0.4 is 4.74 Å². The van der Waals surface area contributed by atoms with Crippen LogP contribution in [-0.4, -0.2) is 5.25 Å². The number of halogens is 1. The second-order valence-electron chi connectivity index (χ2n) is 2.22. The van der Waals surface area contributed by atoms with Gasteiger partial charge in [0.15, 0.2) is 0 Å². The van der Waals surface area contributed by atoms with Gasteiger partial charge in [0.25, 0.3) is 4.74 Å². The predicted octanol–water partition coefficient (Wildman–Crippen LogP) is 3.32. The fourth-order valence-corrected chi connectivity index (χ4v) is 4.75. The zero-order chi connectivity index (χ0) is 8.43. The SMILES string of the molecule is CC(C)Sc1ssc(=O)c1Cl. The molecule has 5 heteroatoms. The molecular weight excluding hydrogens is 220 g/mol. The van der Waals surface area contributed by atoms with Crippen LogP contribution >= 0.6 is 44.0 Å². The van der Waals surface area contributed by atoms with Crippen molar-refractivity contribution < 1.29 is 0 Å². The standard InChI is InChI=1S/C6H7ClOS3/c1-3(2)9-6-4(7)5(8)10-11-6/h3H,1-2H3. The molecule has 0 radical (unpaired) electrons. The lowest BCUT2D eigenvalue weighted by Crippen LogP contribution is -1.89. The van der Waals surface area contributed by atoms with Gasteiger partial charge < -0.3 is 0 Å². The van der Waals surface area contributed by atoms with Crippen LogP contribution in [0, 0.1) is 0 Å². The molecule has 0 spiro atoms. The normalized spacial score (nSPS) is 10.9. The molecule has 1 rings (SSSR count). The molecule has 0 bridgehead atoms. The summed E-state index contributed by atoms with van der Waals surface area (Å²) < 4.78 is 0.941. The molecule has 0 saturated heterocycles. The molecule has 1 nitrogen and oxygen atoms in total. The topological polar surface area (TPSA) is 17.1 Å². The minimum absolute atomic E-state index is 0.0141. The van der Waals surface area contributed by atoms with Gasteiger partial charge in [-0.15, -0.1) is 11.8 Å². The van der Waals surface area contributed by atoms with E-state index in [1.54, 1.807) is 11.8 Å². The summed E-state index contributed by atoms with van der Waals surface area (Å²) in [5.74, 6) is 0. The summed E-state index contributed by atoms with van der Waals surface area (Å²) in [4.78, 5) is 10.9. The number of thioether (sulfide) groups is 1. The summed E-state index contributed by atoms with van der Waals surface area (Å²) in [6.07, 6.45) is 0. The zero-order valence-corrected chi connectivity index (χ0v) is 9.29. The molecule has 0 N–H and O–H groups in total. The van der Waals surface area contributed by atoms with E-state index >= 15 is 0 Å². The monoisotopic (exact) mass is 226 g/mol. The summed E-state index contributed by atoms with van der Waals surface area (Å²) in [5, 5.41) is 0.886. The van der Waals surface area contributed by atoms with Crippen molar-refractivity contribution in [2.75, 3.05) is 0 Å². The van der Waals surface area contributed by atoms with E-state index in [0.29, 0.717) is 10.3 Å². The van der Waals surface area contributed by atoms with Crippen LogP contribution in [0.5, 0.6) is 0 Å². The molecule has 1 aromatic rings. The van der Waals surface area contributed by atoms with E-state index in [1.807, 2.05) is 0 Å². The lowest BCUT2D eigenvalue weighted by molar-refractivity contribution is 1.11. The van der Waals surface area contributed by atoms with Gasteiger partial charge in [0.05, 0.1) is 4.21 Å². The molecule has 11 heavy (non-hydrogen) atoms. The molecule has 0 fully saturated rings. The van der Waals surface area contributed by atoms with E-state index < -0.39 is 0 Å². The molecule has 0 aromatic carbocycles. The molecule has 1 heterocycles. The summed E-state index contributed by atoms with van der Waals surface area (Å²) in [6, 6.07) is 0. The van der Waals surface area contributed by atoms with E-state index in [2.05, 4.69) is 13.8 Å². The zero-order valence-electron chi connectivity index (χ0n) is 6.09. The van der Waals surface area contributed by atoms with Crippen LogP contribution in [0.25, 0.3) is 0 Å². The van der Waals surface area contributed by atoms with Crippen molar-refractivity contribution in [3.8, 4) is 0 Å². The van der Waals surface area contributed by atoms with Crippen molar-refractivity contribution in [3.05, 3.63) is 14.6 Å². The van der Waals surface area contributed by atoms with Gasteiger partial charge in [-0.3, -0.25) is 4.79 Å². The van der Waals surface area contributed by atoms with Crippen molar-refractivity contribution in [2.45, 2.75) is 23.3 Å². The first kappa shape index (κ1) is 9.58. The smallest absolute Gasteiger partial charge is 0.262 e. The quantitative estimate of drug-likeness (QED) is 0.569. The predicted molar refractivity (Wildman–Crippen MR) is 54.5 cm³/mol. The Kier molecular flexibility index (Phi) is 3.43. The second-order valence-corrected chi connectivity index (χ2v) is 6.56. The third-order valence-electron chi connectivity index (χ3n) is 0.894. The van der Waals surface area contributed by atoms with Crippen LogP contribution in [0.1, 0.15) is 13.8 Å². The summed E-state index contributed by atoms with van der Waals surface area (Å²) in [6.45, 7) is 4.16. The highest BCUT2D eigenvalue weighted by molar-refractivity contribution is 8.03. The largest absolute Gasteiger partial charge is 0.275 e. The highest BCUT2D eigenvalue weighted by Crippen LogP contribution is 2.34. The van der Waals surface area contributed by atoms with Gasteiger partial charge in [-0.1, -0.05) is 35.8 Å². The van der Waals surface area contributed by atoms with Crippen LogP contribution in [0.2, 0.25) is 5.02 Å². The molecule has 1 aromatic heterocycles. The molecular formula is C6H7ClOS3. The minimum Gasteiger partial charge on any atom is -0.275 e. The Morgan fingerprint density at radius 1 is 1.45 bits per heavy atom. The van der Waals surface area contributed by atoms with Crippen molar-refractivity contribution in [2.24, 2.45) is 0 Å². The lowest BCUT2D eigenvalue weighted by Gasteiger charge is -1.99. The van der Waals surface area contributed by atoms with E-state index in [-0.39, 0.29) is 4.74 Å². The van der Waals surface area contributed by atoms with Crippen LogP contribution in [0.15, 0.2) is 9.00 Å². The van der Waals surface area contributed by atoms with Crippen LogP contribution in [0.4, 0.5) is 0 Å². The Bertz CT molecular complexity index is 288. The first-order valence-corrected chi connectivity index (χ1v) is 6.47. The van der Waals surface area contributed by atoms with Crippen molar-refractivity contribution >= 4 is 44.0 Å².